The summed E-state index contributed by atoms with van der Waals surface area (Å²) in [5.74, 6) is 0.644. The smallest absolute Gasteiger partial charge is 0.310 e. The predicted octanol–water partition coefficient (Wildman–Crippen LogP) is 2.27. The van der Waals surface area contributed by atoms with Gasteiger partial charge in [-0.1, -0.05) is 0 Å². The Morgan fingerprint density at radius 2 is 1.95 bits per heavy atom. The summed E-state index contributed by atoms with van der Waals surface area (Å²) in [4.78, 5) is 13.1. The van der Waals surface area contributed by atoms with Crippen molar-refractivity contribution >= 4 is 11.7 Å². The van der Waals surface area contributed by atoms with Crippen molar-refractivity contribution in [1.82, 2.24) is 0 Å². The van der Waals surface area contributed by atoms with E-state index < -0.39 is 11.4 Å². The van der Waals surface area contributed by atoms with Crippen molar-refractivity contribution in [3.05, 3.63) is 17.7 Å². The first-order chi connectivity index (χ1) is 8.81. The lowest BCUT2D eigenvalue weighted by atomic mass is 9.93. The molecule has 1 aromatic carbocycles. The molecule has 1 aromatic rings. The second-order valence-corrected chi connectivity index (χ2v) is 5.54. The van der Waals surface area contributed by atoms with Crippen molar-refractivity contribution < 1.29 is 19.4 Å². The monoisotopic (exact) mass is 265 g/mol. The number of aliphatic carboxylic acids is 1. The Balaban J connectivity index is 2.25. The molecule has 0 bridgehead atoms. The number of carboxylic acid groups (broad SMARTS) is 1. The zero-order chi connectivity index (χ0) is 14.2. The molecular weight excluding hydrogens is 246 g/mol. The molecule has 0 unspecified atom stereocenters. The number of fused-ring (bicyclic) bond motifs is 1. The van der Waals surface area contributed by atoms with Crippen LogP contribution >= 0.6 is 0 Å². The number of ether oxygens (including phenoxy) is 2. The van der Waals surface area contributed by atoms with Gasteiger partial charge in [-0.05, 0) is 32.4 Å². The first-order valence-electron chi connectivity index (χ1n) is 6.16. The number of carbonyl (C=O) groups is 1. The Kier molecular flexibility index (Phi) is 3.30. The van der Waals surface area contributed by atoms with Crippen molar-refractivity contribution in [2.24, 2.45) is 5.41 Å². The van der Waals surface area contributed by atoms with Gasteiger partial charge in [-0.2, -0.15) is 0 Å². The molecule has 0 amide bonds. The van der Waals surface area contributed by atoms with E-state index in [-0.39, 0.29) is 6.79 Å². The SMILES string of the molecule is Cc1cc2c(cc1N(C)CC(C)(C)C(=O)O)OCO2. The zero-order valence-electron chi connectivity index (χ0n) is 11.7. The summed E-state index contributed by atoms with van der Waals surface area (Å²) in [6.45, 7) is 6.06. The zero-order valence-corrected chi connectivity index (χ0v) is 11.7. The molecule has 104 valence electrons. The number of hydrogen-bond donors (Lipinski definition) is 1. The summed E-state index contributed by atoms with van der Waals surface area (Å²) in [5, 5.41) is 9.19. The number of hydrogen-bond acceptors (Lipinski definition) is 4. The number of rotatable bonds is 4. The van der Waals surface area contributed by atoms with Gasteiger partial charge in [0, 0.05) is 25.3 Å². The third-order valence-corrected chi connectivity index (χ3v) is 3.31. The molecule has 1 N–H and O–H groups in total. The van der Waals surface area contributed by atoms with Crippen molar-refractivity contribution in [2.45, 2.75) is 20.8 Å². The number of aryl methyl sites for hydroxylation is 1. The highest BCUT2D eigenvalue weighted by Crippen LogP contribution is 2.38. The molecule has 0 radical (unpaired) electrons. The van der Waals surface area contributed by atoms with Gasteiger partial charge in [-0.25, -0.2) is 0 Å². The maximum Gasteiger partial charge on any atom is 0.310 e. The van der Waals surface area contributed by atoms with E-state index in [2.05, 4.69) is 0 Å². The van der Waals surface area contributed by atoms with Crippen LogP contribution in [0.25, 0.3) is 0 Å². The molecule has 2 rings (SSSR count). The standard InChI is InChI=1S/C14H19NO4/c1-9-5-11-12(19-8-18-11)6-10(9)15(4)7-14(2,3)13(16)17/h5-6H,7-8H2,1-4H3,(H,16,17). The van der Waals surface area contributed by atoms with Crippen molar-refractivity contribution in [1.29, 1.82) is 0 Å². The molecule has 0 atom stereocenters. The Morgan fingerprint density at radius 3 is 2.53 bits per heavy atom. The summed E-state index contributed by atoms with van der Waals surface area (Å²) >= 11 is 0. The average Bonchev–Trinajstić information content (AvgIpc) is 2.73. The quantitative estimate of drug-likeness (QED) is 0.905. The number of benzene rings is 1. The second-order valence-electron chi connectivity index (χ2n) is 5.54. The van der Waals surface area contributed by atoms with Crippen LogP contribution in [0.1, 0.15) is 19.4 Å². The number of anilines is 1. The molecule has 1 aliphatic heterocycles. The van der Waals surface area contributed by atoms with Gasteiger partial charge < -0.3 is 19.5 Å². The van der Waals surface area contributed by atoms with E-state index in [4.69, 9.17) is 9.47 Å². The molecule has 0 spiro atoms. The van der Waals surface area contributed by atoms with Crippen molar-refractivity contribution in [3.8, 4) is 11.5 Å². The molecule has 0 saturated heterocycles. The Bertz CT molecular complexity index is 510. The van der Waals surface area contributed by atoms with Gasteiger partial charge in [0.05, 0.1) is 5.41 Å². The molecule has 0 saturated carbocycles. The minimum atomic E-state index is -0.808. The lowest BCUT2D eigenvalue weighted by Crippen LogP contribution is -2.37. The van der Waals surface area contributed by atoms with Gasteiger partial charge >= 0.3 is 5.97 Å². The van der Waals surface area contributed by atoms with E-state index in [1.54, 1.807) is 13.8 Å². The molecular formula is C14H19NO4. The third-order valence-electron chi connectivity index (χ3n) is 3.31. The van der Waals surface area contributed by atoms with Crippen LogP contribution in [0.4, 0.5) is 5.69 Å². The Hall–Kier alpha value is -1.91. The predicted molar refractivity (Wildman–Crippen MR) is 72.0 cm³/mol. The molecule has 0 aliphatic carbocycles. The van der Waals surface area contributed by atoms with E-state index in [0.29, 0.717) is 12.3 Å². The average molecular weight is 265 g/mol. The van der Waals surface area contributed by atoms with Crippen LogP contribution in [-0.4, -0.2) is 31.5 Å². The summed E-state index contributed by atoms with van der Waals surface area (Å²) in [7, 11) is 1.88. The molecule has 19 heavy (non-hydrogen) atoms. The lowest BCUT2D eigenvalue weighted by molar-refractivity contribution is -0.146. The minimum absolute atomic E-state index is 0.239. The van der Waals surface area contributed by atoms with Crippen molar-refractivity contribution in [2.75, 3.05) is 25.3 Å². The van der Waals surface area contributed by atoms with E-state index in [9.17, 15) is 9.90 Å². The van der Waals surface area contributed by atoms with Crippen LogP contribution in [-0.2, 0) is 4.79 Å². The fourth-order valence-corrected chi connectivity index (χ4v) is 2.19. The molecule has 0 aromatic heterocycles. The van der Waals surface area contributed by atoms with Crippen LogP contribution in [0, 0.1) is 12.3 Å². The third kappa shape index (κ3) is 2.59. The lowest BCUT2D eigenvalue weighted by Gasteiger charge is -2.29. The first kappa shape index (κ1) is 13.5. The van der Waals surface area contributed by atoms with Crippen LogP contribution in [0.15, 0.2) is 12.1 Å². The van der Waals surface area contributed by atoms with Gasteiger partial charge in [0.15, 0.2) is 11.5 Å². The van der Waals surface area contributed by atoms with Crippen LogP contribution in [0.3, 0.4) is 0 Å². The van der Waals surface area contributed by atoms with E-state index in [0.717, 1.165) is 17.0 Å². The van der Waals surface area contributed by atoms with Crippen LogP contribution < -0.4 is 14.4 Å². The Morgan fingerprint density at radius 1 is 1.37 bits per heavy atom. The normalized spacial score (nSPS) is 13.5. The van der Waals surface area contributed by atoms with E-state index in [1.165, 1.54) is 0 Å². The Labute approximate surface area is 112 Å². The molecule has 1 aliphatic rings. The van der Waals surface area contributed by atoms with Gasteiger partial charge in [0.1, 0.15) is 0 Å². The highest BCUT2D eigenvalue weighted by atomic mass is 16.7. The van der Waals surface area contributed by atoms with E-state index >= 15 is 0 Å². The van der Waals surface area contributed by atoms with Gasteiger partial charge in [-0.3, -0.25) is 4.79 Å². The summed E-state index contributed by atoms with van der Waals surface area (Å²) in [6.07, 6.45) is 0. The van der Waals surface area contributed by atoms with Crippen molar-refractivity contribution in [3.63, 3.8) is 0 Å². The topological polar surface area (TPSA) is 59.0 Å². The number of nitrogens with zero attached hydrogens (tertiary/aromatic N) is 1. The second kappa shape index (κ2) is 4.64. The molecule has 0 fully saturated rings. The van der Waals surface area contributed by atoms with Crippen LogP contribution in [0.5, 0.6) is 11.5 Å². The fourth-order valence-electron chi connectivity index (χ4n) is 2.19. The fraction of sp³-hybridized carbons (Fsp3) is 0.500. The van der Waals surface area contributed by atoms with E-state index in [1.807, 2.05) is 31.0 Å². The summed E-state index contributed by atoms with van der Waals surface area (Å²) in [5.41, 5.74) is 1.18. The number of carboxylic acids is 1. The van der Waals surface area contributed by atoms with Crippen LogP contribution in [0.2, 0.25) is 0 Å². The highest BCUT2D eigenvalue weighted by Gasteiger charge is 2.29. The highest BCUT2D eigenvalue weighted by molar-refractivity contribution is 5.75. The molecule has 5 heteroatoms. The van der Waals surface area contributed by atoms with Gasteiger partial charge in [0.25, 0.3) is 0 Å². The first-order valence-corrected chi connectivity index (χ1v) is 6.16. The summed E-state index contributed by atoms with van der Waals surface area (Å²) < 4.78 is 10.7. The maximum absolute atomic E-state index is 11.2. The summed E-state index contributed by atoms with van der Waals surface area (Å²) in [6, 6.07) is 3.82. The maximum atomic E-state index is 11.2. The van der Waals surface area contributed by atoms with Gasteiger partial charge in [-0.15, -0.1) is 0 Å². The molecule has 1 heterocycles. The van der Waals surface area contributed by atoms with Gasteiger partial charge in [0.2, 0.25) is 6.79 Å². The largest absolute Gasteiger partial charge is 0.481 e. The minimum Gasteiger partial charge on any atom is -0.481 e. The molecule has 5 nitrogen and oxygen atoms in total.